The Labute approximate surface area is 87.5 Å². The molecular formula is C8H6N6O2. The molecule has 3 N–H and O–H groups in total. The van der Waals surface area contributed by atoms with E-state index in [1.165, 1.54) is 12.1 Å². The largest absolute Gasteiger partial charge is 0.398 e. The van der Waals surface area contributed by atoms with Crippen LogP contribution in [0.4, 0.5) is 5.69 Å². The molecule has 80 valence electrons. The summed E-state index contributed by atoms with van der Waals surface area (Å²) >= 11 is 0. The lowest BCUT2D eigenvalue weighted by Crippen LogP contribution is -2.27. The number of nitrogen functional groups attached to an aromatic ring is 1. The maximum Gasteiger partial charge on any atom is 0.368 e. The smallest absolute Gasteiger partial charge is 0.368 e. The number of azide groups is 1. The minimum absolute atomic E-state index is 0.0943. The second kappa shape index (κ2) is 3.44. The summed E-state index contributed by atoms with van der Waals surface area (Å²) in [7, 11) is 0. The van der Waals surface area contributed by atoms with Gasteiger partial charge in [0.05, 0.1) is 10.8 Å². The zero-order chi connectivity index (χ0) is 11.7. The van der Waals surface area contributed by atoms with Crippen LogP contribution < -0.4 is 16.9 Å². The normalized spacial score (nSPS) is 10.0. The third-order valence-electron chi connectivity index (χ3n) is 2.08. The maximum absolute atomic E-state index is 11.7. The molecule has 0 saturated heterocycles. The summed E-state index contributed by atoms with van der Waals surface area (Å²) in [6.45, 7) is 0. The minimum Gasteiger partial charge on any atom is -0.398 e. The molecule has 0 amide bonds. The van der Waals surface area contributed by atoms with Crippen LogP contribution in [-0.2, 0) is 0 Å². The summed E-state index contributed by atoms with van der Waals surface area (Å²) in [6.07, 6.45) is 0. The van der Waals surface area contributed by atoms with E-state index >= 15 is 0 Å². The quantitative estimate of drug-likeness (QED) is 0.310. The van der Waals surface area contributed by atoms with Crippen LogP contribution in [0.2, 0.25) is 0 Å². The molecule has 0 radical (unpaired) electrons. The molecule has 0 aliphatic carbocycles. The third kappa shape index (κ3) is 1.30. The Hall–Kier alpha value is -2.73. The van der Waals surface area contributed by atoms with Gasteiger partial charge >= 0.3 is 5.56 Å². The lowest BCUT2D eigenvalue weighted by molar-refractivity contribution is 0.672. The van der Waals surface area contributed by atoms with Gasteiger partial charge in [0, 0.05) is 10.9 Å². The van der Waals surface area contributed by atoms with E-state index in [2.05, 4.69) is 15.2 Å². The van der Waals surface area contributed by atoms with Crippen molar-refractivity contribution >= 4 is 16.5 Å². The van der Waals surface area contributed by atoms with E-state index in [9.17, 15) is 9.59 Å². The Balaban J connectivity index is 3.08. The van der Waals surface area contributed by atoms with Gasteiger partial charge in [0.1, 0.15) is 0 Å². The Morgan fingerprint density at radius 3 is 2.88 bits per heavy atom. The Morgan fingerprint density at radius 1 is 1.44 bits per heavy atom. The van der Waals surface area contributed by atoms with Crippen molar-refractivity contribution in [1.82, 2.24) is 9.89 Å². The monoisotopic (exact) mass is 218 g/mol. The van der Waals surface area contributed by atoms with Gasteiger partial charge in [-0.05, 0) is 12.1 Å². The molecule has 2 aromatic rings. The Morgan fingerprint density at radius 2 is 2.19 bits per heavy atom. The highest BCUT2D eigenvalue weighted by Gasteiger charge is 2.11. The molecule has 0 saturated carbocycles. The molecule has 16 heavy (non-hydrogen) atoms. The predicted octanol–water partition coefficient (Wildman–Crippen LogP) is 0.345. The molecule has 2 rings (SSSR count). The molecule has 0 atom stereocenters. The first kappa shape index (κ1) is 9.81. The first-order chi connectivity index (χ1) is 7.65. The van der Waals surface area contributed by atoms with Crippen LogP contribution in [0, 0.1) is 0 Å². The van der Waals surface area contributed by atoms with Gasteiger partial charge in [-0.2, -0.15) is 10.0 Å². The molecule has 8 nitrogen and oxygen atoms in total. The lowest BCUT2D eigenvalue weighted by Gasteiger charge is -1.99. The van der Waals surface area contributed by atoms with Crippen molar-refractivity contribution in [2.24, 2.45) is 5.22 Å². The van der Waals surface area contributed by atoms with Crippen molar-refractivity contribution in [1.29, 1.82) is 0 Å². The van der Waals surface area contributed by atoms with Crippen LogP contribution in [0.25, 0.3) is 21.2 Å². The molecule has 0 bridgehead atoms. The number of nitrogens with one attached hydrogen (secondary N) is 1. The number of nitrogens with two attached hydrogens (primary N) is 1. The van der Waals surface area contributed by atoms with Gasteiger partial charge in [-0.1, -0.05) is 10.9 Å². The van der Waals surface area contributed by atoms with E-state index in [4.69, 9.17) is 11.3 Å². The number of fused-ring (bicyclic) bond motifs is 1. The summed E-state index contributed by atoms with van der Waals surface area (Å²) in [4.78, 5) is 26.2. The Kier molecular flexibility index (Phi) is 2.11. The number of rotatable bonds is 1. The second-order valence-electron chi connectivity index (χ2n) is 3.01. The highest BCUT2D eigenvalue weighted by Crippen LogP contribution is 2.12. The van der Waals surface area contributed by atoms with Crippen LogP contribution in [0.15, 0.2) is 33.0 Å². The molecular weight excluding hydrogens is 212 g/mol. The van der Waals surface area contributed by atoms with Gasteiger partial charge < -0.3 is 5.73 Å². The molecule has 0 unspecified atom stereocenters. The summed E-state index contributed by atoms with van der Waals surface area (Å²) < 4.78 is 0. The van der Waals surface area contributed by atoms with E-state index in [0.29, 0.717) is 4.79 Å². The SMILES string of the molecule is [N-]=[N+]=Nn1[nH]c(=O)c2c(N)cccc2c1=O. The zero-order valence-electron chi connectivity index (χ0n) is 7.91. The molecule has 1 aromatic carbocycles. The molecule has 0 fully saturated rings. The number of nitrogens with zero attached hydrogens (tertiary/aromatic N) is 4. The zero-order valence-corrected chi connectivity index (χ0v) is 7.91. The van der Waals surface area contributed by atoms with E-state index in [-0.39, 0.29) is 16.5 Å². The fourth-order valence-electron chi connectivity index (χ4n) is 1.42. The van der Waals surface area contributed by atoms with E-state index < -0.39 is 11.1 Å². The fraction of sp³-hybridized carbons (Fsp3) is 0. The average molecular weight is 218 g/mol. The van der Waals surface area contributed by atoms with Gasteiger partial charge in [-0.25, -0.2) is 4.79 Å². The van der Waals surface area contributed by atoms with Crippen LogP contribution in [0.5, 0.6) is 0 Å². The molecule has 0 aliphatic heterocycles. The average Bonchev–Trinajstić information content (AvgIpc) is 2.25. The molecule has 0 aliphatic rings. The number of anilines is 1. The first-order valence-corrected chi connectivity index (χ1v) is 4.24. The number of hydrogen-bond acceptors (Lipinski definition) is 4. The maximum atomic E-state index is 11.7. The highest BCUT2D eigenvalue weighted by atomic mass is 16.2. The molecule has 1 heterocycles. The van der Waals surface area contributed by atoms with Crippen LogP contribution in [0.1, 0.15) is 0 Å². The summed E-state index contributed by atoms with van der Waals surface area (Å²) in [5.74, 6) is 0. The highest BCUT2D eigenvalue weighted by molar-refractivity contribution is 5.91. The topological polar surface area (TPSA) is 130 Å². The van der Waals surface area contributed by atoms with E-state index in [1.54, 1.807) is 6.07 Å². The number of H-pyrrole nitrogens is 1. The first-order valence-electron chi connectivity index (χ1n) is 4.24. The Bertz CT molecular complexity index is 721. The van der Waals surface area contributed by atoms with Crippen molar-refractivity contribution in [3.8, 4) is 0 Å². The van der Waals surface area contributed by atoms with Crippen molar-refractivity contribution in [3.63, 3.8) is 0 Å². The summed E-state index contributed by atoms with van der Waals surface area (Å²) in [5.41, 5.74) is 12.8. The predicted molar refractivity (Wildman–Crippen MR) is 57.8 cm³/mol. The summed E-state index contributed by atoms with van der Waals surface area (Å²) in [5, 5.41) is 5.35. The van der Waals surface area contributed by atoms with Crippen molar-refractivity contribution in [3.05, 3.63) is 49.3 Å². The molecule has 0 spiro atoms. The van der Waals surface area contributed by atoms with Crippen LogP contribution in [-0.4, -0.2) is 9.89 Å². The minimum atomic E-state index is -0.625. The van der Waals surface area contributed by atoms with Crippen molar-refractivity contribution in [2.45, 2.75) is 0 Å². The van der Waals surface area contributed by atoms with Gasteiger partial charge in [0.2, 0.25) is 0 Å². The fourth-order valence-corrected chi connectivity index (χ4v) is 1.42. The molecule has 1 aromatic heterocycles. The second-order valence-corrected chi connectivity index (χ2v) is 3.01. The van der Waals surface area contributed by atoms with E-state index in [0.717, 1.165) is 0 Å². The van der Waals surface area contributed by atoms with Gasteiger partial charge in [-0.3, -0.25) is 4.79 Å². The number of benzene rings is 1. The number of aromatic nitrogens is 2. The third-order valence-corrected chi connectivity index (χ3v) is 2.08. The van der Waals surface area contributed by atoms with Gasteiger partial charge in [-0.15, -0.1) is 5.53 Å². The standard InChI is InChI=1S/C8H6N6O2/c9-5-3-1-2-4-6(5)7(15)11-14(8(4)16)13-12-10/h1-3H,9H2,(H,11,15). The van der Waals surface area contributed by atoms with Crippen LogP contribution in [0.3, 0.4) is 0 Å². The van der Waals surface area contributed by atoms with Crippen LogP contribution >= 0.6 is 0 Å². The van der Waals surface area contributed by atoms with Crippen molar-refractivity contribution in [2.75, 3.05) is 5.73 Å². The molecule has 8 heteroatoms. The number of aromatic amines is 1. The van der Waals surface area contributed by atoms with Gasteiger partial charge in [0.25, 0.3) is 5.56 Å². The van der Waals surface area contributed by atoms with Gasteiger partial charge in [0.15, 0.2) is 0 Å². The summed E-state index contributed by atoms with van der Waals surface area (Å²) in [6, 6.07) is 4.49. The lowest BCUT2D eigenvalue weighted by atomic mass is 10.1. The van der Waals surface area contributed by atoms with E-state index in [1.807, 2.05) is 0 Å². The van der Waals surface area contributed by atoms with Crippen molar-refractivity contribution < 1.29 is 0 Å². The number of hydrogen-bond donors (Lipinski definition) is 2.